The first-order chi connectivity index (χ1) is 20.0. The Hall–Kier alpha value is -3.84. The maximum absolute atomic E-state index is 14.7. The molecule has 0 aromatic carbocycles. The molecule has 13 heteroatoms. The first kappa shape index (κ1) is 29.6. The van der Waals surface area contributed by atoms with Crippen LogP contribution in [0.25, 0.3) is 22.0 Å². The van der Waals surface area contributed by atoms with Crippen LogP contribution in [0.3, 0.4) is 0 Å². The number of carbonyl (C=O) groups is 2. The van der Waals surface area contributed by atoms with Crippen molar-refractivity contribution in [3.8, 4) is 22.0 Å². The van der Waals surface area contributed by atoms with Crippen molar-refractivity contribution in [3.63, 3.8) is 0 Å². The topological polar surface area (TPSA) is 134 Å². The summed E-state index contributed by atoms with van der Waals surface area (Å²) in [6, 6.07) is 1.47. The second-order valence-corrected chi connectivity index (χ2v) is 12.5. The van der Waals surface area contributed by atoms with Crippen molar-refractivity contribution in [1.82, 2.24) is 29.5 Å². The minimum absolute atomic E-state index is 0.0349. The van der Waals surface area contributed by atoms with Gasteiger partial charge in [-0.2, -0.15) is 14.6 Å². The molecule has 1 saturated carbocycles. The fourth-order valence-corrected chi connectivity index (χ4v) is 5.71. The molecule has 1 atom stereocenters. The Morgan fingerprint density at radius 1 is 1.12 bits per heavy atom. The van der Waals surface area contributed by atoms with Gasteiger partial charge < -0.3 is 11.1 Å². The number of thiazole rings is 1. The molecule has 4 aromatic rings. The molecule has 222 valence electrons. The number of Topliss-reactive ketones (excluding diaryl/α,β-unsaturated/α-hetero) is 1. The summed E-state index contributed by atoms with van der Waals surface area (Å²) in [5, 5.41) is 13.8. The van der Waals surface area contributed by atoms with Crippen LogP contribution in [0.4, 0.5) is 14.5 Å². The molecule has 0 radical (unpaired) electrons. The molecule has 1 unspecified atom stereocenters. The van der Waals surface area contributed by atoms with Crippen LogP contribution in [-0.4, -0.2) is 47.3 Å². The third-order valence-electron chi connectivity index (χ3n) is 7.45. The van der Waals surface area contributed by atoms with Crippen molar-refractivity contribution in [1.29, 1.82) is 0 Å². The fourth-order valence-electron chi connectivity index (χ4n) is 4.93. The van der Waals surface area contributed by atoms with Gasteiger partial charge in [0, 0.05) is 36.3 Å². The molecule has 0 spiro atoms. The molecule has 3 N–H and O–H groups in total. The van der Waals surface area contributed by atoms with Crippen molar-refractivity contribution in [2.45, 2.75) is 77.9 Å². The molecule has 4 aromatic heterocycles. The molecular weight excluding hydrogens is 562 g/mol. The standard InChI is InChI=1S/C29H34F2N8O2S/c1-29(2,3)26(32)22(40)11-12-38-14-17(13-33-38)28-35-21(16-42-28)27(41)34-20-15-39(18-7-5-4-6-8-18)37-25(20)24-19(30)9-10-23(31)36-24/h9-10,13-16,18,26H,4-8,11-12,32H2,1-3H3,(H,34,41). The quantitative estimate of drug-likeness (QED) is 0.239. The summed E-state index contributed by atoms with van der Waals surface area (Å²) >= 11 is 1.27. The van der Waals surface area contributed by atoms with Gasteiger partial charge >= 0.3 is 0 Å². The zero-order valence-electron chi connectivity index (χ0n) is 23.8. The van der Waals surface area contributed by atoms with E-state index < -0.39 is 23.7 Å². The number of aromatic nitrogens is 6. The minimum atomic E-state index is -0.845. The van der Waals surface area contributed by atoms with Crippen LogP contribution in [0.5, 0.6) is 0 Å². The number of nitrogens with two attached hydrogens (primary N) is 1. The number of nitrogens with one attached hydrogen (secondary N) is 1. The largest absolute Gasteiger partial charge is 0.321 e. The van der Waals surface area contributed by atoms with Crippen molar-refractivity contribution < 1.29 is 18.4 Å². The van der Waals surface area contributed by atoms with Gasteiger partial charge in [0.1, 0.15) is 22.1 Å². The maximum Gasteiger partial charge on any atom is 0.275 e. The highest BCUT2D eigenvalue weighted by atomic mass is 32.1. The van der Waals surface area contributed by atoms with E-state index in [9.17, 15) is 18.4 Å². The van der Waals surface area contributed by atoms with Crippen molar-refractivity contribution in [3.05, 3.63) is 53.6 Å². The number of carbonyl (C=O) groups excluding carboxylic acids is 2. The first-order valence-corrected chi connectivity index (χ1v) is 14.9. The lowest BCUT2D eigenvalue weighted by Gasteiger charge is -2.25. The molecule has 1 aliphatic rings. The fraction of sp³-hybridized carbons (Fsp3) is 0.448. The summed E-state index contributed by atoms with van der Waals surface area (Å²) in [6.45, 7) is 6.16. The maximum atomic E-state index is 14.7. The molecule has 0 saturated heterocycles. The molecular formula is C29H34F2N8O2S. The Bertz CT molecular complexity index is 1580. The zero-order valence-corrected chi connectivity index (χ0v) is 24.6. The summed E-state index contributed by atoms with van der Waals surface area (Å²) in [6.07, 6.45) is 10.4. The highest BCUT2D eigenvalue weighted by Gasteiger charge is 2.27. The normalized spacial score (nSPS) is 15.1. The molecule has 1 fully saturated rings. The Morgan fingerprint density at radius 3 is 2.62 bits per heavy atom. The number of anilines is 1. The number of hydrogen-bond donors (Lipinski definition) is 2. The van der Waals surface area contributed by atoms with Gasteiger partial charge in [-0.25, -0.2) is 14.4 Å². The van der Waals surface area contributed by atoms with E-state index in [0.29, 0.717) is 17.1 Å². The van der Waals surface area contributed by atoms with Gasteiger partial charge in [0.2, 0.25) is 5.95 Å². The number of aryl methyl sites for hydroxylation is 1. The van der Waals surface area contributed by atoms with E-state index in [2.05, 4.69) is 25.5 Å². The number of nitrogens with zero attached hydrogens (tertiary/aromatic N) is 6. The van der Waals surface area contributed by atoms with E-state index in [1.165, 1.54) is 11.3 Å². The van der Waals surface area contributed by atoms with E-state index in [-0.39, 0.29) is 46.4 Å². The van der Waals surface area contributed by atoms with E-state index >= 15 is 0 Å². The molecule has 5 rings (SSSR count). The lowest BCUT2D eigenvalue weighted by molar-refractivity contribution is -0.122. The number of halogens is 2. The van der Waals surface area contributed by atoms with E-state index in [1.54, 1.807) is 33.3 Å². The van der Waals surface area contributed by atoms with Gasteiger partial charge in [0.05, 0.1) is 24.0 Å². The Kier molecular flexibility index (Phi) is 8.60. The molecule has 1 aliphatic carbocycles. The van der Waals surface area contributed by atoms with Gasteiger partial charge in [-0.15, -0.1) is 11.3 Å². The molecule has 1 amide bonds. The van der Waals surface area contributed by atoms with Gasteiger partial charge in [-0.3, -0.25) is 19.0 Å². The average molecular weight is 597 g/mol. The van der Waals surface area contributed by atoms with Gasteiger partial charge in [0.15, 0.2) is 11.6 Å². The summed E-state index contributed by atoms with van der Waals surface area (Å²) in [5.74, 6) is -2.14. The van der Waals surface area contributed by atoms with E-state index in [4.69, 9.17) is 5.73 Å². The lowest BCUT2D eigenvalue weighted by atomic mass is 9.84. The number of rotatable bonds is 9. The SMILES string of the molecule is CC(C)(C)C(N)C(=O)CCn1cc(-c2nc(C(=O)Nc3cn(C4CCCCC4)nc3-c3nc(F)ccc3F)cs2)cn1. The molecule has 42 heavy (non-hydrogen) atoms. The Labute approximate surface area is 246 Å². The summed E-state index contributed by atoms with van der Waals surface area (Å²) in [5.41, 5.74) is 6.61. The highest BCUT2D eigenvalue weighted by Crippen LogP contribution is 2.34. The first-order valence-electron chi connectivity index (χ1n) is 14.0. The predicted octanol–water partition coefficient (Wildman–Crippen LogP) is 5.63. The van der Waals surface area contributed by atoms with Crippen LogP contribution in [0, 0.1) is 17.2 Å². The summed E-state index contributed by atoms with van der Waals surface area (Å²) in [4.78, 5) is 33.9. The van der Waals surface area contributed by atoms with Crippen LogP contribution < -0.4 is 11.1 Å². The Morgan fingerprint density at radius 2 is 1.88 bits per heavy atom. The van der Waals surface area contributed by atoms with E-state index in [1.807, 2.05) is 20.8 Å². The number of pyridine rings is 1. The van der Waals surface area contributed by atoms with Crippen LogP contribution in [0.15, 0.2) is 36.1 Å². The number of ketones is 1. The third kappa shape index (κ3) is 6.62. The number of hydrogen-bond acceptors (Lipinski definition) is 8. The molecule has 0 aliphatic heterocycles. The second-order valence-electron chi connectivity index (χ2n) is 11.7. The van der Waals surface area contributed by atoms with Crippen molar-refractivity contribution >= 4 is 28.7 Å². The average Bonchev–Trinajstić information content (AvgIpc) is 3.72. The predicted molar refractivity (Wildman–Crippen MR) is 156 cm³/mol. The van der Waals surface area contributed by atoms with Crippen LogP contribution >= 0.6 is 11.3 Å². The van der Waals surface area contributed by atoms with E-state index in [0.717, 1.165) is 44.2 Å². The summed E-state index contributed by atoms with van der Waals surface area (Å²) < 4.78 is 32.0. The molecule has 0 bridgehead atoms. The summed E-state index contributed by atoms with van der Waals surface area (Å²) in [7, 11) is 0. The van der Waals surface area contributed by atoms with Crippen molar-refractivity contribution in [2.75, 3.05) is 5.32 Å². The van der Waals surface area contributed by atoms with Crippen LogP contribution in [-0.2, 0) is 11.3 Å². The Balaban J connectivity index is 1.32. The minimum Gasteiger partial charge on any atom is -0.321 e. The van der Waals surface area contributed by atoms with Gasteiger partial charge in [-0.1, -0.05) is 40.0 Å². The van der Waals surface area contributed by atoms with Crippen LogP contribution in [0.1, 0.15) is 75.8 Å². The van der Waals surface area contributed by atoms with Crippen LogP contribution in [0.2, 0.25) is 0 Å². The molecule has 10 nitrogen and oxygen atoms in total. The third-order valence-corrected chi connectivity index (χ3v) is 8.34. The van der Waals surface area contributed by atoms with Gasteiger partial charge in [-0.05, 0) is 30.4 Å². The smallest absolute Gasteiger partial charge is 0.275 e. The monoisotopic (exact) mass is 596 g/mol. The van der Waals surface area contributed by atoms with Crippen molar-refractivity contribution in [2.24, 2.45) is 11.1 Å². The zero-order chi connectivity index (χ0) is 30.0. The number of amides is 1. The molecule has 4 heterocycles. The lowest BCUT2D eigenvalue weighted by Crippen LogP contribution is -2.42. The highest BCUT2D eigenvalue weighted by molar-refractivity contribution is 7.13. The van der Waals surface area contributed by atoms with Gasteiger partial charge in [0.25, 0.3) is 5.91 Å². The second kappa shape index (κ2) is 12.2.